The molecule has 162 valence electrons. The van der Waals surface area contributed by atoms with Crippen LogP contribution in [0, 0.1) is 11.6 Å². The number of amides is 1. The molecule has 1 unspecified atom stereocenters. The van der Waals surface area contributed by atoms with Gasteiger partial charge in [0.2, 0.25) is 15.9 Å². The first-order chi connectivity index (χ1) is 14.4. The lowest BCUT2D eigenvalue weighted by molar-refractivity contribution is -0.133. The molecule has 4 rings (SSSR count). The van der Waals surface area contributed by atoms with E-state index in [1.54, 1.807) is 16.2 Å². The first-order valence-electron chi connectivity index (χ1n) is 9.87. The zero-order valence-electron chi connectivity index (χ0n) is 16.3. The van der Waals surface area contributed by atoms with Crippen LogP contribution in [0.2, 0.25) is 0 Å². The number of nitrogens with zero attached hydrogens (tertiary/aromatic N) is 3. The van der Waals surface area contributed by atoms with Crippen molar-refractivity contribution in [3.05, 3.63) is 52.2 Å². The summed E-state index contributed by atoms with van der Waals surface area (Å²) in [5.41, 5.74) is 0. The molecule has 1 amide bonds. The standard InChI is InChI=1S/C20H23F2N3O3S2/c21-15-4-1-5-16(22)20(15)30(27,28)25-11-9-23(10-12-25)19(26)14-24-8-2-6-17(24)18-7-3-13-29-18/h1,3-5,7,13,17H,2,6,8-12,14H2. The Morgan fingerprint density at radius 2 is 1.73 bits per heavy atom. The molecule has 0 N–H and O–H groups in total. The Labute approximate surface area is 178 Å². The number of halogens is 2. The summed E-state index contributed by atoms with van der Waals surface area (Å²) >= 11 is 1.69. The maximum atomic E-state index is 14.0. The van der Waals surface area contributed by atoms with Gasteiger partial charge >= 0.3 is 0 Å². The van der Waals surface area contributed by atoms with Crippen LogP contribution >= 0.6 is 11.3 Å². The highest BCUT2D eigenvalue weighted by Gasteiger charge is 2.35. The molecular weight excluding hydrogens is 432 g/mol. The van der Waals surface area contributed by atoms with Gasteiger partial charge in [0.05, 0.1) is 6.54 Å². The van der Waals surface area contributed by atoms with Crippen molar-refractivity contribution in [2.75, 3.05) is 39.3 Å². The SMILES string of the molecule is O=C(CN1CCCC1c1cccs1)N1CCN(S(=O)(=O)c2c(F)cccc2F)CC1. The van der Waals surface area contributed by atoms with E-state index in [0.717, 1.165) is 41.9 Å². The molecule has 2 aliphatic rings. The number of thiophene rings is 1. The smallest absolute Gasteiger partial charge is 0.249 e. The van der Waals surface area contributed by atoms with Crippen LogP contribution in [-0.4, -0.2) is 67.7 Å². The number of likely N-dealkylation sites (tertiary alicyclic amines) is 1. The van der Waals surface area contributed by atoms with Crippen molar-refractivity contribution in [2.24, 2.45) is 0 Å². The van der Waals surface area contributed by atoms with E-state index in [2.05, 4.69) is 11.0 Å². The summed E-state index contributed by atoms with van der Waals surface area (Å²) in [6.45, 7) is 1.57. The Hall–Kier alpha value is -1.88. The Balaban J connectivity index is 1.38. The summed E-state index contributed by atoms with van der Waals surface area (Å²) in [7, 11) is -4.30. The Bertz CT molecular complexity index is 986. The molecule has 30 heavy (non-hydrogen) atoms. The first-order valence-corrected chi connectivity index (χ1v) is 12.2. The molecule has 0 saturated carbocycles. The van der Waals surface area contributed by atoms with Crippen molar-refractivity contribution >= 4 is 27.3 Å². The van der Waals surface area contributed by atoms with E-state index < -0.39 is 26.6 Å². The second-order valence-corrected chi connectivity index (χ2v) is 10.3. The van der Waals surface area contributed by atoms with Gasteiger partial charge in [0.15, 0.2) is 4.90 Å². The molecular formula is C20H23F2N3O3S2. The third-order valence-corrected chi connectivity index (χ3v) is 8.61. The van der Waals surface area contributed by atoms with Crippen molar-refractivity contribution in [1.29, 1.82) is 0 Å². The fraction of sp³-hybridized carbons (Fsp3) is 0.450. The first kappa shape index (κ1) is 21.4. The summed E-state index contributed by atoms with van der Waals surface area (Å²) < 4.78 is 54.4. The monoisotopic (exact) mass is 455 g/mol. The molecule has 6 nitrogen and oxygen atoms in total. The molecule has 0 radical (unpaired) electrons. The van der Waals surface area contributed by atoms with Gasteiger partial charge in [-0.15, -0.1) is 11.3 Å². The largest absolute Gasteiger partial charge is 0.339 e. The fourth-order valence-electron chi connectivity index (χ4n) is 4.13. The van der Waals surface area contributed by atoms with Crippen molar-refractivity contribution in [2.45, 2.75) is 23.8 Å². The van der Waals surface area contributed by atoms with Crippen LogP contribution in [0.5, 0.6) is 0 Å². The molecule has 10 heteroatoms. The highest BCUT2D eigenvalue weighted by molar-refractivity contribution is 7.89. The number of carbonyl (C=O) groups is 1. The molecule has 0 aliphatic carbocycles. The third kappa shape index (κ3) is 4.14. The summed E-state index contributed by atoms with van der Waals surface area (Å²) in [4.78, 5) is 16.9. The lowest BCUT2D eigenvalue weighted by Crippen LogP contribution is -2.52. The predicted molar refractivity (Wildman–Crippen MR) is 110 cm³/mol. The average Bonchev–Trinajstić information content (AvgIpc) is 3.39. The molecule has 2 fully saturated rings. The normalized spacial score (nSPS) is 21.3. The minimum absolute atomic E-state index is 0.0101. The topological polar surface area (TPSA) is 60.9 Å². The summed E-state index contributed by atoms with van der Waals surface area (Å²) in [5, 5.41) is 2.03. The predicted octanol–water partition coefficient (Wildman–Crippen LogP) is 2.70. The van der Waals surface area contributed by atoms with Gasteiger partial charge in [0, 0.05) is 37.1 Å². The van der Waals surface area contributed by atoms with Crippen molar-refractivity contribution in [3.8, 4) is 0 Å². The van der Waals surface area contributed by atoms with Crippen LogP contribution in [0.1, 0.15) is 23.8 Å². The number of sulfonamides is 1. The number of rotatable bonds is 5. The summed E-state index contributed by atoms with van der Waals surface area (Å²) in [5.74, 6) is -2.27. The van der Waals surface area contributed by atoms with Gasteiger partial charge in [-0.3, -0.25) is 9.69 Å². The van der Waals surface area contributed by atoms with Crippen LogP contribution in [-0.2, 0) is 14.8 Å². The number of piperazine rings is 1. The third-order valence-electron chi connectivity index (χ3n) is 5.68. The van der Waals surface area contributed by atoms with E-state index >= 15 is 0 Å². The molecule has 0 bridgehead atoms. The lowest BCUT2D eigenvalue weighted by Gasteiger charge is -2.35. The molecule has 0 spiro atoms. The van der Waals surface area contributed by atoms with Crippen LogP contribution in [0.25, 0.3) is 0 Å². The van der Waals surface area contributed by atoms with E-state index in [9.17, 15) is 22.0 Å². The van der Waals surface area contributed by atoms with Gasteiger partial charge in [-0.1, -0.05) is 12.1 Å². The average molecular weight is 456 g/mol. The summed E-state index contributed by atoms with van der Waals surface area (Å²) in [6, 6.07) is 7.33. The second-order valence-electron chi connectivity index (χ2n) is 7.48. The number of hydrogen-bond donors (Lipinski definition) is 0. The van der Waals surface area contributed by atoms with Crippen LogP contribution < -0.4 is 0 Å². The number of carbonyl (C=O) groups excluding carboxylic acids is 1. The Morgan fingerprint density at radius 1 is 1.03 bits per heavy atom. The fourth-order valence-corrected chi connectivity index (χ4v) is 6.55. The van der Waals surface area contributed by atoms with Crippen LogP contribution in [0.3, 0.4) is 0 Å². The van der Waals surface area contributed by atoms with Crippen LogP contribution in [0.15, 0.2) is 40.6 Å². The van der Waals surface area contributed by atoms with Crippen molar-refractivity contribution in [3.63, 3.8) is 0 Å². The minimum atomic E-state index is -4.30. The lowest BCUT2D eigenvalue weighted by atomic mass is 10.2. The van der Waals surface area contributed by atoms with E-state index in [1.807, 2.05) is 11.4 Å². The van der Waals surface area contributed by atoms with Gasteiger partial charge in [0.1, 0.15) is 11.6 Å². The maximum absolute atomic E-state index is 14.0. The molecule has 2 saturated heterocycles. The highest BCUT2D eigenvalue weighted by atomic mass is 32.2. The zero-order chi connectivity index (χ0) is 21.3. The van der Waals surface area contributed by atoms with E-state index in [4.69, 9.17) is 0 Å². The minimum Gasteiger partial charge on any atom is -0.339 e. The Kier molecular flexibility index (Phi) is 6.19. The highest BCUT2D eigenvalue weighted by Crippen LogP contribution is 2.34. The van der Waals surface area contributed by atoms with Gasteiger partial charge in [0.25, 0.3) is 0 Å². The zero-order valence-corrected chi connectivity index (χ0v) is 18.0. The van der Waals surface area contributed by atoms with Gasteiger partial charge < -0.3 is 4.90 Å². The van der Waals surface area contributed by atoms with E-state index in [0.29, 0.717) is 0 Å². The second kappa shape index (κ2) is 8.70. The molecule has 1 aromatic carbocycles. The molecule has 1 atom stereocenters. The van der Waals surface area contributed by atoms with Gasteiger partial charge in [-0.25, -0.2) is 17.2 Å². The van der Waals surface area contributed by atoms with Crippen molar-refractivity contribution < 1.29 is 22.0 Å². The Morgan fingerprint density at radius 3 is 2.37 bits per heavy atom. The van der Waals surface area contributed by atoms with Crippen molar-refractivity contribution in [1.82, 2.24) is 14.1 Å². The van der Waals surface area contributed by atoms with Crippen LogP contribution in [0.4, 0.5) is 8.78 Å². The molecule has 2 aromatic rings. The van der Waals surface area contributed by atoms with E-state index in [1.165, 1.54) is 4.88 Å². The number of hydrogen-bond acceptors (Lipinski definition) is 5. The molecule has 1 aromatic heterocycles. The van der Waals surface area contributed by atoms with E-state index in [-0.39, 0.29) is 44.7 Å². The summed E-state index contributed by atoms with van der Waals surface area (Å²) in [6.07, 6.45) is 2.06. The van der Waals surface area contributed by atoms with Gasteiger partial charge in [-0.05, 0) is 43.0 Å². The maximum Gasteiger partial charge on any atom is 0.249 e. The quantitative estimate of drug-likeness (QED) is 0.696. The number of benzene rings is 1. The molecule has 3 heterocycles. The molecule has 2 aliphatic heterocycles. The van der Waals surface area contributed by atoms with Gasteiger partial charge in [-0.2, -0.15) is 4.31 Å².